The second kappa shape index (κ2) is 5.33. The highest BCUT2D eigenvalue weighted by molar-refractivity contribution is 7.99. The summed E-state index contributed by atoms with van der Waals surface area (Å²) in [6.07, 6.45) is 4.74. The first-order valence-corrected chi connectivity index (χ1v) is 9.01. The molecule has 2 heterocycles. The molecule has 0 bridgehead atoms. The van der Waals surface area contributed by atoms with E-state index < -0.39 is 0 Å². The summed E-state index contributed by atoms with van der Waals surface area (Å²) in [5.41, 5.74) is 1.16. The Kier molecular flexibility index (Phi) is 3.46. The maximum absolute atomic E-state index is 13.0. The van der Waals surface area contributed by atoms with Crippen molar-refractivity contribution in [3.63, 3.8) is 0 Å². The molecule has 0 aromatic heterocycles. The quantitative estimate of drug-likeness (QED) is 0.882. The van der Waals surface area contributed by atoms with Crippen LogP contribution in [0.25, 0.3) is 0 Å². The lowest BCUT2D eigenvalue weighted by molar-refractivity contribution is -0.134. The van der Waals surface area contributed by atoms with Crippen LogP contribution in [0.1, 0.15) is 37.3 Å². The molecule has 0 radical (unpaired) electrons. The van der Waals surface area contributed by atoms with Gasteiger partial charge in [0.25, 0.3) is 0 Å². The molecule has 1 unspecified atom stereocenters. The van der Waals surface area contributed by atoms with Crippen LogP contribution in [0.15, 0.2) is 29.2 Å². The summed E-state index contributed by atoms with van der Waals surface area (Å²) >= 11 is 1.86. The summed E-state index contributed by atoms with van der Waals surface area (Å²) in [4.78, 5) is 14.3. The molecular formula is C17H22N2OS. The summed E-state index contributed by atoms with van der Waals surface area (Å²) in [7, 11) is 0. The van der Waals surface area contributed by atoms with Gasteiger partial charge in [-0.1, -0.05) is 31.0 Å². The van der Waals surface area contributed by atoms with Crippen molar-refractivity contribution in [1.82, 2.24) is 10.6 Å². The van der Waals surface area contributed by atoms with Crippen molar-refractivity contribution >= 4 is 17.7 Å². The van der Waals surface area contributed by atoms with Gasteiger partial charge in [0.1, 0.15) is 0 Å². The number of carbonyl (C=O) groups excluding carboxylic acids is 1. The summed E-state index contributed by atoms with van der Waals surface area (Å²) < 4.78 is 0. The van der Waals surface area contributed by atoms with Crippen molar-refractivity contribution in [1.29, 1.82) is 0 Å². The first-order valence-electron chi connectivity index (χ1n) is 8.03. The Morgan fingerprint density at radius 1 is 1.33 bits per heavy atom. The first kappa shape index (κ1) is 13.6. The minimum atomic E-state index is -0.138. The van der Waals surface area contributed by atoms with E-state index in [2.05, 4.69) is 34.9 Å². The van der Waals surface area contributed by atoms with Crippen LogP contribution in [-0.2, 0) is 4.79 Å². The predicted octanol–water partition coefficient (Wildman–Crippen LogP) is 2.73. The van der Waals surface area contributed by atoms with Crippen LogP contribution in [-0.4, -0.2) is 24.7 Å². The number of hydrogen-bond acceptors (Lipinski definition) is 3. The van der Waals surface area contributed by atoms with Gasteiger partial charge in [0, 0.05) is 17.2 Å². The van der Waals surface area contributed by atoms with Gasteiger partial charge in [-0.05, 0) is 36.9 Å². The Labute approximate surface area is 130 Å². The molecule has 1 aromatic carbocycles. The average molecular weight is 302 g/mol. The zero-order valence-electron chi connectivity index (χ0n) is 12.2. The highest BCUT2D eigenvalue weighted by atomic mass is 32.2. The number of nitrogens with one attached hydrogen (secondary N) is 2. The molecule has 1 amide bonds. The van der Waals surface area contributed by atoms with E-state index in [1.165, 1.54) is 29.7 Å². The van der Waals surface area contributed by atoms with E-state index in [0.29, 0.717) is 11.8 Å². The van der Waals surface area contributed by atoms with Crippen LogP contribution in [0.2, 0.25) is 0 Å². The lowest BCUT2D eigenvalue weighted by Gasteiger charge is -2.38. The highest BCUT2D eigenvalue weighted by Crippen LogP contribution is 2.45. The van der Waals surface area contributed by atoms with E-state index in [4.69, 9.17) is 0 Å². The molecule has 4 rings (SSSR count). The van der Waals surface area contributed by atoms with Gasteiger partial charge in [0.15, 0.2) is 0 Å². The molecule has 1 saturated heterocycles. The Hall–Kier alpha value is -1.00. The van der Waals surface area contributed by atoms with Crippen molar-refractivity contribution < 1.29 is 4.79 Å². The Morgan fingerprint density at radius 3 is 3.19 bits per heavy atom. The highest BCUT2D eigenvalue weighted by Gasteiger charge is 2.50. The topological polar surface area (TPSA) is 41.1 Å². The Bertz CT molecular complexity index is 561. The average Bonchev–Trinajstić information content (AvgIpc) is 3.12. The van der Waals surface area contributed by atoms with Gasteiger partial charge in [0.2, 0.25) is 5.91 Å². The minimum absolute atomic E-state index is 0.138. The van der Waals surface area contributed by atoms with Crippen LogP contribution in [0, 0.1) is 11.3 Å². The minimum Gasteiger partial charge on any atom is -0.348 e. The van der Waals surface area contributed by atoms with Crippen LogP contribution >= 0.6 is 11.8 Å². The van der Waals surface area contributed by atoms with E-state index in [1.54, 1.807) is 0 Å². The van der Waals surface area contributed by atoms with E-state index in [1.807, 2.05) is 11.8 Å². The third kappa shape index (κ3) is 2.20. The van der Waals surface area contributed by atoms with Gasteiger partial charge in [-0.15, -0.1) is 11.8 Å². The number of hydrogen-bond donors (Lipinski definition) is 2. The fraction of sp³-hybridized carbons (Fsp3) is 0.588. The molecule has 3 nitrogen and oxygen atoms in total. The lowest BCUT2D eigenvalue weighted by atomic mass is 9.67. The summed E-state index contributed by atoms with van der Waals surface area (Å²) in [5, 5.41) is 6.83. The molecule has 1 aromatic rings. The maximum Gasteiger partial charge on any atom is 0.228 e. The number of amides is 1. The van der Waals surface area contributed by atoms with E-state index >= 15 is 0 Å². The van der Waals surface area contributed by atoms with Gasteiger partial charge in [-0.2, -0.15) is 0 Å². The number of rotatable bonds is 2. The SMILES string of the molecule is O=C(NC1CSc2ccccc21)[C@@]12CCCC[C@H]1CNC2. The van der Waals surface area contributed by atoms with Crippen molar-refractivity contribution in [2.24, 2.45) is 11.3 Å². The zero-order chi connectivity index (χ0) is 14.3. The van der Waals surface area contributed by atoms with Gasteiger partial charge < -0.3 is 10.6 Å². The smallest absolute Gasteiger partial charge is 0.228 e. The molecule has 1 saturated carbocycles. The van der Waals surface area contributed by atoms with Gasteiger partial charge >= 0.3 is 0 Å². The lowest BCUT2D eigenvalue weighted by Crippen LogP contribution is -2.48. The molecule has 2 N–H and O–H groups in total. The fourth-order valence-electron chi connectivity index (χ4n) is 4.27. The Morgan fingerprint density at radius 2 is 2.24 bits per heavy atom. The van der Waals surface area contributed by atoms with Gasteiger partial charge in [-0.3, -0.25) is 4.79 Å². The standard InChI is InChI=1S/C17H22N2OS/c20-16(17-8-4-3-5-12(17)9-18-11-17)19-14-10-21-15-7-2-1-6-13(14)15/h1-2,6-7,12,14,18H,3-5,8-11H2,(H,19,20)/t12-,14?,17+/m0/s1. The van der Waals surface area contributed by atoms with E-state index in [0.717, 1.165) is 25.3 Å². The molecule has 2 aliphatic heterocycles. The largest absolute Gasteiger partial charge is 0.348 e. The van der Waals surface area contributed by atoms with E-state index in [9.17, 15) is 4.79 Å². The van der Waals surface area contributed by atoms with Crippen molar-refractivity contribution in [2.45, 2.75) is 36.6 Å². The molecular weight excluding hydrogens is 280 g/mol. The van der Waals surface area contributed by atoms with Crippen LogP contribution in [0.3, 0.4) is 0 Å². The van der Waals surface area contributed by atoms with E-state index in [-0.39, 0.29) is 11.5 Å². The predicted molar refractivity (Wildman–Crippen MR) is 85.3 cm³/mol. The molecule has 2 fully saturated rings. The maximum atomic E-state index is 13.0. The third-order valence-corrected chi connectivity index (χ3v) is 6.68. The summed E-state index contributed by atoms with van der Waals surface area (Å²) in [5.74, 6) is 1.80. The third-order valence-electron chi connectivity index (χ3n) is 5.50. The molecule has 3 aliphatic rings. The Balaban J connectivity index is 1.54. The van der Waals surface area contributed by atoms with Gasteiger partial charge in [0.05, 0.1) is 11.5 Å². The van der Waals surface area contributed by atoms with Crippen molar-refractivity contribution in [2.75, 3.05) is 18.8 Å². The normalized spacial score (nSPS) is 34.3. The van der Waals surface area contributed by atoms with Crippen molar-refractivity contribution in [3.8, 4) is 0 Å². The summed E-state index contributed by atoms with van der Waals surface area (Å²) in [6, 6.07) is 8.65. The molecule has 4 heteroatoms. The number of benzene rings is 1. The molecule has 21 heavy (non-hydrogen) atoms. The van der Waals surface area contributed by atoms with Gasteiger partial charge in [-0.25, -0.2) is 0 Å². The monoisotopic (exact) mass is 302 g/mol. The number of thioether (sulfide) groups is 1. The van der Waals surface area contributed by atoms with Crippen molar-refractivity contribution in [3.05, 3.63) is 29.8 Å². The molecule has 0 spiro atoms. The number of fused-ring (bicyclic) bond motifs is 2. The second-order valence-corrected chi connectivity index (χ2v) is 7.67. The van der Waals surface area contributed by atoms with Crippen LogP contribution in [0.4, 0.5) is 0 Å². The molecule has 1 aliphatic carbocycles. The van der Waals surface area contributed by atoms with Crippen LogP contribution in [0.5, 0.6) is 0 Å². The molecule has 3 atom stereocenters. The second-order valence-electron chi connectivity index (χ2n) is 6.60. The zero-order valence-corrected chi connectivity index (χ0v) is 13.0. The molecule has 112 valence electrons. The fourth-order valence-corrected chi connectivity index (χ4v) is 5.44. The summed E-state index contributed by atoms with van der Waals surface area (Å²) in [6.45, 7) is 1.88. The number of carbonyl (C=O) groups is 1. The first-order chi connectivity index (χ1) is 10.3. The van der Waals surface area contributed by atoms with Crippen LogP contribution < -0.4 is 10.6 Å².